The molecule has 28 heavy (non-hydrogen) atoms. The highest BCUT2D eigenvalue weighted by atomic mass is 32.2. The van der Waals surface area contributed by atoms with Gasteiger partial charge in [0.25, 0.3) is 0 Å². The number of likely N-dealkylation sites (tertiary alicyclic amines) is 1. The summed E-state index contributed by atoms with van der Waals surface area (Å²) in [7, 11) is -3.00. The van der Waals surface area contributed by atoms with Gasteiger partial charge in [-0.1, -0.05) is 42.5 Å². The molecule has 2 fully saturated rings. The highest BCUT2D eigenvalue weighted by Crippen LogP contribution is 2.35. The number of sulfone groups is 1. The minimum atomic E-state index is -3.00. The summed E-state index contributed by atoms with van der Waals surface area (Å²) in [5.41, 5.74) is 1.29. The minimum Gasteiger partial charge on any atom is -0.338 e. The normalized spacial score (nSPS) is 24.6. The van der Waals surface area contributed by atoms with Crippen LogP contribution in [0.5, 0.6) is 0 Å². The Morgan fingerprint density at radius 3 is 2.68 bits per heavy atom. The average molecular weight is 401 g/mol. The summed E-state index contributed by atoms with van der Waals surface area (Å²) >= 11 is 0. The number of likely N-dealkylation sites (N-methyl/N-ethyl adjacent to an activating group) is 1. The van der Waals surface area contributed by atoms with Crippen molar-refractivity contribution in [2.75, 3.05) is 31.1 Å². The SMILES string of the molecule is CCN(C(=O)CN1CCCC1c1cccc2ccccc12)C1CCS(=O)(=O)C1. The Labute approximate surface area is 167 Å². The number of carbonyl (C=O) groups excluding carboxylic acids is 1. The molecular formula is C22H28N2O3S. The predicted molar refractivity (Wildman–Crippen MR) is 112 cm³/mol. The van der Waals surface area contributed by atoms with Crippen LogP contribution in [0, 0.1) is 0 Å². The highest BCUT2D eigenvalue weighted by Gasteiger charge is 2.36. The second kappa shape index (κ2) is 7.84. The molecule has 0 bridgehead atoms. The number of benzene rings is 2. The Kier molecular flexibility index (Phi) is 5.43. The molecule has 2 atom stereocenters. The molecule has 0 radical (unpaired) electrons. The molecule has 0 aromatic heterocycles. The van der Waals surface area contributed by atoms with Crippen LogP contribution < -0.4 is 0 Å². The standard InChI is InChI=1S/C22H28N2O3S/c1-2-24(18-12-14-28(26,27)16-18)22(25)15-23-13-6-11-21(23)20-10-5-8-17-7-3-4-9-19(17)20/h3-5,7-10,18,21H,2,6,11-16H2,1H3. The van der Waals surface area contributed by atoms with Gasteiger partial charge in [-0.25, -0.2) is 8.42 Å². The summed E-state index contributed by atoms with van der Waals surface area (Å²) in [6, 6.07) is 14.9. The first kappa shape index (κ1) is 19.4. The van der Waals surface area contributed by atoms with E-state index in [1.807, 2.05) is 6.92 Å². The highest BCUT2D eigenvalue weighted by molar-refractivity contribution is 7.91. The lowest BCUT2D eigenvalue weighted by Gasteiger charge is -2.31. The fourth-order valence-corrected chi connectivity index (χ4v) is 6.56. The van der Waals surface area contributed by atoms with E-state index in [1.165, 1.54) is 16.3 Å². The maximum absolute atomic E-state index is 13.1. The zero-order chi connectivity index (χ0) is 19.7. The Bertz CT molecular complexity index is 967. The monoisotopic (exact) mass is 400 g/mol. The largest absolute Gasteiger partial charge is 0.338 e. The van der Waals surface area contributed by atoms with Gasteiger partial charge in [0.15, 0.2) is 9.84 Å². The van der Waals surface area contributed by atoms with Gasteiger partial charge in [0.1, 0.15) is 0 Å². The van der Waals surface area contributed by atoms with Crippen molar-refractivity contribution >= 4 is 26.5 Å². The number of nitrogens with zero attached hydrogens (tertiary/aromatic N) is 2. The first-order valence-electron chi connectivity index (χ1n) is 10.2. The molecule has 5 nitrogen and oxygen atoms in total. The number of hydrogen-bond acceptors (Lipinski definition) is 4. The Morgan fingerprint density at radius 1 is 1.14 bits per heavy atom. The van der Waals surface area contributed by atoms with E-state index in [1.54, 1.807) is 4.90 Å². The maximum Gasteiger partial charge on any atom is 0.237 e. The van der Waals surface area contributed by atoms with E-state index in [0.717, 1.165) is 19.4 Å². The molecule has 0 N–H and O–H groups in total. The third kappa shape index (κ3) is 3.80. The van der Waals surface area contributed by atoms with Gasteiger partial charge in [0, 0.05) is 18.6 Å². The third-order valence-corrected chi connectivity index (χ3v) is 7.94. The molecular weight excluding hydrogens is 372 g/mol. The molecule has 150 valence electrons. The Hall–Kier alpha value is -1.92. The molecule has 6 heteroatoms. The molecule has 4 rings (SSSR count). The minimum absolute atomic E-state index is 0.0525. The van der Waals surface area contributed by atoms with Crippen LogP contribution in [0.2, 0.25) is 0 Å². The van der Waals surface area contributed by atoms with Crippen LogP contribution in [0.3, 0.4) is 0 Å². The van der Waals surface area contributed by atoms with E-state index in [0.29, 0.717) is 19.5 Å². The van der Waals surface area contributed by atoms with Gasteiger partial charge in [-0.15, -0.1) is 0 Å². The van der Waals surface area contributed by atoms with Crippen LogP contribution in [-0.4, -0.2) is 61.3 Å². The average Bonchev–Trinajstić information content (AvgIpc) is 3.28. The van der Waals surface area contributed by atoms with E-state index >= 15 is 0 Å². The van der Waals surface area contributed by atoms with Gasteiger partial charge >= 0.3 is 0 Å². The van der Waals surface area contributed by atoms with Crippen LogP contribution in [0.15, 0.2) is 42.5 Å². The molecule has 0 spiro atoms. The summed E-state index contributed by atoms with van der Waals surface area (Å²) in [5, 5.41) is 2.48. The van der Waals surface area contributed by atoms with Crippen molar-refractivity contribution in [2.24, 2.45) is 0 Å². The van der Waals surface area contributed by atoms with E-state index < -0.39 is 9.84 Å². The predicted octanol–water partition coefficient (Wildman–Crippen LogP) is 3.01. The second-order valence-corrected chi connectivity index (χ2v) is 10.2. The lowest BCUT2D eigenvalue weighted by molar-refractivity contribution is -0.134. The van der Waals surface area contributed by atoms with E-state index in [9.17, 15) is 13.2 Å². The number of carbonyl (C=O) groups is 1. The van der Waals surface area contributed by atoms with Crippen LogP contribution in [0.25, 0.3) is 10.8 Å². The molecule has 0 aliphatic carbocycles. The van der Waals surface area contributed by atoms with Gasteiger partial charge in [0.05, 0.1) is 18.1 Å². The lowest BCUT2D eigenvalue weighted by Crippen LogP contribution is -2.46. The fraction of sp³-hybridized carbons (Fsp3) is 0.500. The third-order valence-electron chi connectivity index (χ3n) is 6.19. The van der Waals surface area contributed by atoms with E-state index in [2.05, 4.69) is 47.4 Å². The summed E-state index contributed by atoms with van der Waals surface area (Å²) in [6.07, 6.45) is 2.69. The van der Waals surface area contributed by atoms with Crippen molar-refractivity contribution in [2.45, 2.75) is 38.3 Å². The van der Waals surface area contributed by atoms with Gasteiger partial charge in [-0.05, 0) is 49.1 Å². The molecule has 2 heterocycles. The zero-order valence-corrected chi connectivity index (χ0v) is 17.2. The van der Waals surface area contributed by atoms with E-state index in [-0.39, 0.29) is 29.5 Å². The van der Waals surface area contributed by atoms with Gasteiger partial charge in [-0.3, -0.25) is 9.69 Å². The van der Waals surface area contributed by atoms with E-state index in [4.69, 9.17) is 0 Å². The van der Waals surface area contributed by atoms with Crippen molar-refractivity contribution in [3.8, 4) is 0 Å². The Morgan fingerprint density at radius 2 is 1.93 bits per heavy atom. The number of rotatable bonds is 5. The molecule has 0 saturated carbocycles. The molecule has 1 amide bonds. The molecule has 2 aromatic carbocycles. The molecule has 2 aromatic rings. The summed E-state index contributed by atoms with van der Waals surface area (Å²) in [4.78, 5) is 17.1. The van der Waals surface area contributed by atoms with Crippen LogP contribution >= 0.6 is 0 Å². The lowest BCUT2D eigenvalue weighted by atomic mass is 9.97. The molecule has 2 aliphatic rings. The molecule has 2 aliphatic heterocycles. The van der Waals surface area contributed by atoms with Crippen molar-refractivity contribution < 1.29 is 13.2 Å². The van der Waals surface area contributed by atoms with Crippen LogP contribution in [0.4, 0.5) is 0 Å². The van der Waals surface area contributed by atoms with Crippen molar-refractivity contribution in [3.05, 3.63) is 48.0 Å². The fourth-order valence-electron chi connectivity index (χ4n) is 4.83. The maximum atomic E-state index is 13.1. The van der Waals surface area contributed by atoms with Crippen molar-refractivity contribution in [3.63, 3.8) is 0 Å². The molecule has 2 saturated heterocycles. The van der Waals surface area contributed by atoms with Crippen LogP contribution in [-0.2, 0) is 14.6 Å². The number of fused-ring (bicyclic) bond motifs is 1. The summed E-state index contributed by atoms with van der Waals surface area (Å²) in [5.74, 6) is 0.361. The van der Waals surface area contributed by atoms with Crippen molar-refractivity contribution in [1.29, 1.82) is 0 Å². The Balaban J connectivity index is 1.53. The topological polar surface area (TPSA) is 57.7 Å². The summed E-state index contributed by atoms with van der Waals surface area (Å²) in [6.45, 7) is 3.76. The van der Waals surface area contributed by atoms with Crippen LogP contribution in [0.1, 0.15) is 37.8 Å². The van der Waals surface area contributed by atoms with Gasteiger partial charge in [0.2, 0.25) is 5.91 Å². The number of hydrogen-bond donors (Lipinski definition) is 0. The number of amides is 1. The first-order valence-corrected chi connectivity index (χ1v) is 12.0. The smallest absolute Gasteiger partial charge is 0.237 e. The first-order chi connectivity index (χ1) is 13.5. The molecule has 2 unspecified atom stereocenters. The zero-order valence-electron chi connectivity index (χ0n) is 16.4. The summed E-state index contributed by atoms with van der Waals surface area (Å²) < 4.78 is 23.7. The van der Waals surface area contributed by atoms with Gasteiger partial charge in [-0.2, -0.15) is 0 Å². The van der Waals surface area contributed by atoms with Gasteiger partial charge < -0.3 is 4.90 Å². The van der Waals surface area contributed by atoms with Crippen molar-refractivity contribution in [1.82, 2.24) is 9.80 Å². The second-order valence-electron chi connectivity index (χ2n) is 7.93. The quantitative estimate of drug-likeness (QED) is 0.774.